The van der Waals surface area contributed by atoms with E-state index in [0.29, 0.717) is 15.8 Å². The van der Waals surface area contributed by atoms with Gasteiger partial charge in [0.25, 0.3) is 5.91 Å². The Balaban J connectivity index is 1.84. The lowest BCUT2D eigenvalue weighted by molar-refractivity contribution is 0.102. The zero-order valence-electron chi connectivity index (χ0n) is 15.0. The summed E-state index contributed by atoms with van der Waals surface area (Å²) in [6, 6.07) is 14.3. The first kappa shape index (κ1) is 19.0. The predicted octanol–water partition coefficient (Wildman–Crippen LogP) is 3.16. The molecule has 0 atom stereocenters. The highest BCUT2D eigenvalue weighted by Gasteiger charge is 2.20. The van der Waals surface area contributed by atoms with Gasteiger partial charge in [-0.1, -0.05) is 53.3 Å². The van der Waals surface area contributed by atoms with Crippen molar-refractivity contribution in [2.24, 2.45) is 0 Å². The molecule has 0 saturated carbocycles. The third-order valence-electron chi connectivity index (χ3n) is 3.93. The number of carbonyl (C=O) groups is 1. The van der Waals surface area contributed by atoms with E-state index in [-0.39, 0.29) is 5.56 Å². The lowest BCUT2D eigenvalue weighted by atomic mass is 10.1. The van der Waals surface area contributed by atoms with Crippen LogP contribution in [0.5, 0.6) is 0 Å². The number of carbonyl (C=O) groups excluding carboxylic acids is 1. The number of hydrogen-bond acceptors (Lipinski definition) is 6. The highest BCUT2D eigenvalue weighted by Crippen LogP contribution is 2.28. The Bertz CT molecular complexity index is 1080. The van der Waals surface area contributed by atoms with Gasteiger partial charge in [-0.25, -0.2) is 8.42 Å². The first-order chi connectivity index (χ1) is 12.8. The number of benzene rings is 2. The Kier molecular flexibility index (Phi) is 5.24. The summed E-state index contributed by atoms with van der Waals surface area (Å²) in [4.78, 5) is 12.7. The Morgan fingerprint density at radius 1 is 1.07 bits per heavy atom. The van der Waals surface area contributed by atoms with Gasteiger partial charge in [-0.05, 0) is 19.1 Å². The van der Waals surface area contributed by atoms with Crippen LogP contribution in [0.2, 0.25) is 0 Å². The Morgan fingerprint density at radius 3 is 2.41 bits per heavy atom. The highest BCUT2D eigenvalue weighted by molar-refractivity contribution is 7.92. The normalized spacial score (nSPS) is 11.2. The topological polar surface area (TPSA) is 92.3 Å². The molecular weight excluding hydrogens is 384 g/mol. The minimum absolute atomic E-state index is 0.234. The van der Waals surface area contributed by atoms with Crippen LogP contribution in [0.4, 0.5) is 10.8 Å². The molecule has 9 heteroatoms. The summed E-state index contributed by atoms with van der Waals surface area (Å²) in [5.41, 5.74) is 2.58. The summed E-state index contributed by atoms with van der Waals surface area (Å²) < 4.78 is 24.7. The van der Waals surface area contributed by atoms with E-state index < -0.39 is 15.9 Å². The zero-order valence-corrected chi connectivity index (χ0v) is 16.6. The average molecular weight is 403 g/mol. The third-order valence-corrected chi connectivity index (χ3v) is 6.01. The number of anilines is 2. The standard InChI is InChI=1S/C18H18N4O3S2/c1-12-8-10-13(11-9-12)17-20-21-18(26-17)19-16(23)14-6-4-5-7-15(14)22(2)27(3,24)25/h4-11H,1-3H3,(H,19,21,23). The molecule has 0 radical (unpaired) electrons. The van der Waals surface area contributed by atoms with Gasteiger partial charge in [0.05, 0.1) is 17.5 Å². The van der Waals surface area contributed by atoms with Crippen molar-refractivity contribution in [3.05, 3.63) is 59.7 Å². The molecule has 0 aliphatic rings. The second-order valence-electron chi connectivity index (χ2n) is 5.98. The average Bonchev–Trinajstić information content (AvgIpc) is 3.09. The van der Waals surface area contributed by atoms with E-state index in [2.05, 4.69) is 15.5 Å². The second-order valence-corrected chi connectivity index (χ2v) is 8.97. The molecule has 0 aliphatic heterocycles. The molecule has 0 spiro atoms. The molecule has 0 fully saturated rings. The molecule has 0 saturated heterocycles. The van der Waals surface area contributed by atoms with E-state index in [9.17, 15) is 13.2 Å². The first-order valence-electron chi connectivity index (χ1n) is 8.00. The zero-order chi connectivity index (χ0) is 19.6. The molecule has 1 amide bonds. The van der Waals surface area contributed by atoms with Crippen molar-refractivity contribution in [3.8, 4) is 10.6 Å². The van der Waals surface area contributed by atoms with Crippen LogP contribution in [-0.4, -0.2) is 37.8 Å². The van der Waals surface area contributed by atoms with Gasteiger partial charge >= 0.3 is 0 Å². The minimum Gasteiger partial charge on any atom is -0.296 e. The lowest BCUT2D eigenvalue weighted by Gasteiger charge is -2.19. The van der Waals surface area contributed by atoms with Crippen LogP contribution >= 0.6 is 11.3 Å². The number of hydrogen-bond donors (Lipinski definition) is 1. The second kappa shape index (κ2) is 7.45. The van der Waals surface area contributed by atoms with E-state index in [1.54, 1.807) is 24.3 Å². The van der Waals surface area contributed by atoms with Gasteiger partial charge in [-0.3, -0.25) is 14.4 Å². The van der Waals surface area contributed by atoms with E-state index >= 15 is 0 Å². The maximum atomic E-state index is 12.7. The van der Waals surface area contributed by atoms with Crippen LogP contribution < -0.4 is 9.62 Å². The molecular formula is C18H18N4O3S2. The maximum absolute atomic E-state index is 12.7. The Labute approximate surface area is 161 Å². The number of para-hydroxylation sites is 1. The van der Waals surface area contributed by atoms with E-state index in [0.717, 1.165) is 21.7 Å². The fraction of sp³-hybridized carbons (Fsp3) is 0.167. The number of nitrogens with one attached hydrogen (secondary N) is 1. The number of sulfonamides is 1. The summed E-state index contributed by atoms with van der Waals surface area (Å²) in [5.74, 6) is -0.451. The molecule has 0 unspecified atom stereocenters. The van der Waals surface area contributed by atoms with E-state index in [1.807, 2.05) is 31.2 Å². The molecule has 2 aromatic carbocycles. The molecule has 27 heavy (non-hydrogen) atoms. The Hall–Kier alpha value is -2.78. The van der Waals surface area contributed by atoms with Gasteiger partial charge in [0.1, 0.15) is 5.01 Å². The van der Waals surface area contributed by atoms with E-state index in [4.69, 9.17) is 0 Å². The van der Waals surface area contributed by atoms with E-state index in [1.165, 1.54) is 18.4 Å². The maximum Gasteiger partial charge on any atom is 0.259 e. The molecule has 7 nitrogen and oxygen atoms in total. The van der Waals surface area contributed by atoms with Crippen LogP contribution in [0, 0.1) is 6.92 Å². The van der Waals surface area contributed by atoms with Crippen molar-refractivity contribution in [2.45, 2.75) is 6.92 Å². The minimum atomic E-state index is -3.49. The fourth-order valence-corrected chi connectivity index (χ4v) is 3.63. The van der Waals surface area contributed by atoms with Gasteiger partial charge in [0, 0.05) is 12.6 Å². The summed E-state index contributed by atoms with van der Waals surface area (Å²) in [6.07, 6.45) is 1.08. The van der Waals surface area contributed by atoms with Crippen LogP contribution in [0.25, 0.3) is 10.6 Å². The number of rotatable bonds is 5. The monoisotopic (exact) mass is 402 g/mol. The van der Waals surface area contributed by atoms with Crippen molar-refractivity contribution in [3.63, 3.8) is 0 Å². The van der Waals surface area contributed by atoms with Crippen LogP contribution in [0.3, 0.4) is 0 Å². The predicted molar refractivity (Wildman–Crippen MR) is 108 cm³/mol. The number of aromatic nitrogens is 2. The van der Waals surface area contributed by atoms with Crippen LogP contribution in [0.1, 0.15) is 15.9 Å². The van der Waals surface area contributed by atoms with Crippen molar-refractivity contribution in [1.29, 1.82) is 0 Å². The number of amides is 1. The van der Waals surface area contributed by atoms with Gasteiger partial charge in [0.2, 0.25) is 15.2 Å². The Morgan fingerprint density at radius 2 is 1.74 bits per heavy atom. The smallest absolute Gasteiger partial charge is 0.259 e. The fourth-order valence-electron chi connectivity index (χ4n) is 2.37. The molecule has 0 bridgehead atoms. The van der Waals surface area contributed by atoms with Gasteiger partial charge in [-0.2, -0.15) is 0 Å². The molecule has 1 aromatic heterocycles. The molecule has 3 aromatic rings. The molecule has 140 valence electrons. The molecule has 1 N–H and O–H groups in total. The van der Waals surface area contributed by atoms with Crippen molar-refractivity contribution in [2.75, 3.05) is 22.9 Å². The SMILES string of the molecule is Cc1ccc(-c2nnc(NC(=O)c3ccccc3N(C)S(C)(=O)=O)s2)cc1. The summed E-state index contributed by atoms with van der Waals surface area (Å²) in [7, 11) is -2.09. The number of aryl methyl sites for hydroxylation is 1. The van der Waals surface area contributed by atoms with Crippen LogP contribution in [-0.2, 0) is 10.0 Å². The molecule has 0 aliphatic carbocycles. The first-order valence-corrected chi connectivity index (χ1v) is 10.7. The van der Waals surface area contributed by atoms with Crippen molar-refractivity contribution < 1.29 is 13.2 Å². The summed E-state index contributed by atoms with van der Waals surface area (Å²) in [5, 5.41) is 11.8. The third kappa shape index (κ3) is 4.32. The van der Waals surface area contributed by atoms with Gasteiger partial charge < -0.3 is 0 Å². The van der Waals surface area contributed by atoms with Gasteiger partial charge in [-0.15, -0.1) is 10.2 Å². The quantitative estimate of drug-likeness (QED) is 0.708. The van der Waals surface area contributed by atoms with Crippen LogP contribution in [0.15, 0.2) is 48.5 Å². The van der Waals surface area contributed by atoms with Crippen molar-refractivity contribution >= 4 is 38.1 Å². The largest absolute Gasteiger partial charge is 0.296 e. The van der Waals surface area contributed by atoms with Gasteiger partial charge in [0.15, 0.2) is 0 Å². The highest BCUT2D eigenvalue weighted by atomic mass is 32.2. The molecule has 3 rings (SSSR count). The number of nitrogens with zero attached hydrogens (tertiary/aromatic N) is 3. The lowest BCUT2D eigenvalue weighted by Crippen LogP contribution is -2.27. The van der Waals surface area contributed by atoms with Crippen molar-refractivity contribution in [1.82, 2.24) is 10.2 Å². The molecule has 1 heterocycles. The summed E-state index contributed by atoms with van der Waals surface area (Å²) in [6.45, 7) is 2.00. The summed E-state index contributed by atoms with van der Waals surface area (Å²) >= 11 is 1.25.